The lowest BCUT2D eigenvalue weighted by Crippen LogP contribution is -2.11. The van der Waals surface area contributed by atoms with Crippen LogP contribution in [0.15, 0.2) is 66.6 Å². The lowest BCUT2D eigenvalue weighted by molar-refractivity contribution is 0.0295. The topological polar surface area (TPSA) is 102 Å². The molecule has 1 heterocycles. The van der Waals surface area contributed by atoms with Gasteiger partial charge in [-0.1, -0.05) is 44.2 Å². The largest absolute Gasteiger partial charge is 0.478 e. The molecule has 0 bridgehead atoms. The van der Waals surface area contributed by atoms with Gasteiger partial charge in [-0.3, -0.25) is 0 Å². The molecule has 0 radical (unpaired) electrons. The number of carboxylic acid groups (broad SMARTS) is 1. The van der Waals surface area contributed by atoms with Crippen molar-refractivity contribution in [3.8, 4) is 16.8 Å². The smallest absolute Gasteiger partial charge is 0.339 e. The highest BCUT2D eigenvalue weighted by molar-refractivity contribution is 5.89. The van der Waals surface area contributed by atoms with Crippen LogP contribution in [0.3, 0.4) is 0 Å². The molecule has 7 nitrogen and oxygen atoms in total. The number of carboxylic acids is 1. The van der Waals surface area contributed by atoms with Gasteiger partial charge in [0.1, 0.15) is 5.56 Å². The maximum atomic E-state index is 12.0. The Bertz CT molecular complexity index is 1230. The first-order chi connectivity index (χ1) is 16.8. The molecule has 1 aromatic heterocycles. The van der Waals surface area contributed by atoms with Gasteiger partial charge in [0.2, 0.25) is 0 Å². The molecule has 3 unspecified atom stereocenters. The lowest BCUT2D eigenvalue weighted by atomic mass is 9.95. The normalized spacial score (nSPS) is 18.5. The molecule has 35 heavy (non-hydrogen) atoms. The van der Waals surface area contributed by atoms with Gasteiger partial charge in [0, 0.05) is 37.4 Å². The molecular weight excluding hydrogens is 440 g/mol. The van der Waals surface area contributed by atoms with Crippen molar-refractivity contribution >= 4 is 5.97 Å². The second-order valence-electron chi connectivity index (χ2n) is 9.34. The van der Waals surface area contributed by atoms with Crippen molar-refractivity contribution in [1.29, 1.82) is 0 Å². The second kappa shape index (κ2) is 10.4. The number of aromatic nitrogens is 2. The highest BCUT2D eigenvalue weighted by Crippen LogP contribution is 2.51. The minimum Gasteiger partial charge on any atom is -0.478 e. The summed E-state index contributed by atoms with van der Waals surface area (Å²) >= 11 is 0. The van der Waals surface area contributed by atoms with Crippen molar-refractivity contribution in [3.63, 3.8) is 0 Å². The summed E-state index contributed by atoms with van der Waals surface area (Å²) in [6.45, 7) is 7.00. The van der Waals surface area contributed by atoms with Crippen LogP contribution >= 0.6 is 0 Å². The molecule has 1 aliphatic rings. The third-order valence-corrected chi connectivity index (χ3v) is 6.51. The minimum atomic E-state index is -0.979. The number of nitrogens with one attached hydrogen (secondary N) is 1. The molecule has 0 spiro atoms. The van der Waals surface area contributed by atoms with Crippen molar-refractivity contribution in [3.05, 3.63) is 83.4 Å². The number of allylic oxidation sites excluding steroid dienone is 1. The van der Waals surface area contributed by atoms with Crippen LogP contribution in [-0.2, 0) is 4.74 Å². The van der Waals surface area contributed by atoms with Crippen molar-refractivity contribution in [2.24, 2.45) is 17.6 Å². The van der Waals surface area contributed by atoms with Crippen molar-refractivity contribution in [2.45, 2.75) is 39.2 Å². The second-order valence-corrected chi connectivity index (χ2v) is 9.34. The summed E-state index contributed by atoms with van der Waals surface area (Å²) in [5.41, 5.74) is 11.9. The Hall–Kier alpha value is -3.58. The molecule has 7 heteroatoms. The number of ether oxygens (including phenoxy) is 1. The number of hydrogen-bond acceptors (Lipinski definition) is 5. The molecule has 4 N–H and O–H groups in total. The van der Waals surface area contributed by atoms with Gasteiger partial charge in [-0.25, -0.2) is 9.48 Å². The standard InChI is InChI=1S/C28H34N4O3/c1-5-35-27(17(2)3)20-10-6-8-18(12-20)19-9-7-11-21(13-19)32-26(24(15-31-32)28(33)34)23-14-22(23)25(29)16-30-4/h6-13,15-17,22-23,27,30H,5,14,29H2,1-4H3,(H,33,34)/b25-16-. The number of aromatic carboxylic acids is 1. The average Bonchev–Trinajstić information content (AvgIpc) is 3.52. The molecule has 1 saturated carbocycles. The average molecular weight is 475 g/mol. The lowest BCUT2D eigenvalue weighted by Gasteiger charge is -2.22. The quantitative estimate of drug-likeness (QED) is 0.378. The number of hydrogen-bond donors (Lipinski definition) is 3. The third kappa shape index (κ3) is 5.10. The van der Waals surface area contributed by atoms with E-state index in [-0.39, 0.29) is 23.5 Å². The maximum absolute atomic E-state index is 12.0. The van der Waals surface area contributed by atoms with E-state index < -0.39 is 5.97 Å². The van der Waals surface area contributed by atoms with E-state index in [1.165, 1.54) is 6.20 Å². The molecule has 2 aromatic carbocycles. The summed E-state index contributed by atoms with van der Waals surface area (Å²) in [4.78, 5) is 12.0. The van der Waals surface area contributed by atoms with Gasteiger partial charge in [-0.15, -0.1) is 0 Å². The van der Waals surface area contributed by atoms with Gasteiger partial charge in [-0.2, -0.15) is 5.10 Å². The first-order valence-corrected chi connectivity index (χ1v) is 12.1. The summed E-state index contributed by atoms with van der Waals surface area (Å²) in [6, 6.07) is 16.5. The zero-order valence-electron chi connectivity index (χ0n) is 20.7. The van der Waals surface area contributed by atoms with Gasteiger partial charge >= 0.3 is 5.97 Å². The summed E-state index contributed by atoms with van der Waals surface area (Å²) in [7, 11) is 1.80. The minimum absolute atomic E-state index is 0.0122. The molecule has 0 aliphatic heterocycles. The van der Waals surface area contributed by atoms with Crippen LogP contribution in [0.1, 0.15) is 60.8 Å². The fraction of sp³-hybridized carbons (Fsp3) is 0.357. The SMILES string of the molecule is CCOC(c1cccc(-c2cccc(-n3ncc(C(=O)O)c3C3CC3/C(N)=C/NC)c2)c1)C(C)C. The Morgan fingerprint density at radius 1 is 1.26 bits per heavy atom. The van der Waals surface area contributed by atoms with Gasteiger partial charge in [0.05, 0.1) is 23.7 Å². The molecule has 0 amide bonds. The monoisotopic (exact) mass is 474 g/mol. The number of benzene rings is 2. The van der Waals surface area contributed by atoms with E-state index in [0.717, 1.165) is 34.5 Å². The van der Waals surface area contributed by atoms with Crippen LogP contribution in [0.4, 0.5) is 0 Å². The Morgan fingerprint density at radius 3 is 2.63 bits per heavy atom. The molecule has 0 saturated heterocycles. The van der Waals surface area contributed by atoms with Crippen molar-refractivity contribution in [2.75, 3.05) is 13.7 Å². The van der Waals surface area contributed by atoms with Crippen LogP contribution in [0.2, 0.25) is 0 Å². The summed E-state index contributed by atoms with van der Waals surface area (Å²) in [5, 5.41) is 17.2. The molecule has 3 aromatic rings. The highest BCUT2D eigenvalue weighted by atomic mass is 16.5. The Kier molecular flexibility index (Phi) is 7.26. The Morgan fingerprint density at radius 2 is 1.97 bits per heavy atom. The highest BCUT2D eigenvalue weighted by Gasteiger charge is 2.45. The number of nitrogens with zero attached hydrogens (tertiary/aromatic N) is 2. The van der Waals surface area contributed by atoms with Crippen molar-refractivity contribution in [1.82, 2.24) is 15.1 Å². The van der Waals surface area contributed by atoms with Crippen molar-refractivity contribution < 1.29 is 14.6 Å². The summed E-state index contributed by atoms with van der Waals surface area (Å²) in [6.07, 6.45) is 4.03. The van der Waals surface area contributed by atoms with Gasteiger partial charge in [0.25, 0.3) is 0 Å². The van der Waals surface area contributed by atoms with Crippen LogP contribution in [0, 0.1) is 11.8 Å². The first kappa shape index (κ1) is 24.5. The van der Waals surface area contributed by atoms with E-state index in [4.69, 9.17) is 10.5 Å². The fourth-order valence-electron chi connectivity index (χ4n) is 4.79. The number of rotatable bonds is 10. The van der Waals surface area contributed by atoms with E-state index >= 15 is 0 Å². The van der Waals surface area contributed by atoms with Crippen LogP contribution < -0.4 is 11.1 Å². The van der Waals surface area contributed by atoms with Crippen LogP contribution in [0.5, 0.6) is 0 Å². The third-order valence-electron chi connectivity index (χ3n) is 6.51. The molecule has 4 rings (SSSR count). The molecular formula is C28H34N4O3. The summed E-state index contributed by atoms with van der Waals surface area (Å²) in [5.74, 6) is -0.512. The van der Waals surface area contributed by atoms with Gasteiger partial charge in [0.15, 0.2) is 0 Å². The fourth-order valence-corrected chi connectivity index (χ4v) is 4.79. The summed E-state index contributed by atoms with van der Waals surface area (Å²) < 4.78 is 7.76. The Balaban J connectivity index is 1.71. The predicted octanol–water partition coefficient (Wildman–Crippen LogP) is 5.09. The van der Waals surface area contributed by atoms with Crippen LogP contribution in [-0.4, -0.2) is 34.5 Å². The Labute approximate surface area is 206 Å². The van der Waals surface area contributed by atoms with E-state index in [2.05, 4.69) is 60.7 Å². The molecule has 1 aliphatic carbocycles. The predicted molar refractivity (Wildman–Crippen MR) is 137 cm³/mol. The van der Waals surface area contributed by atoms with E-state index in [9.17, 15) is 9.90 Å². The zero-order chi connectivity index (χ0) is 25.1. The number of nitrogens with two attached hydrogens (primary N) is 1. The van der Waals surface area contributed by atoms with E-state index in [1.807, 2.05) is 19.1 Å². The number of carbonyl (C=O) groups is 1. The maximum Gasteiger partial charge on any atom is 0.339 e. The van der Waals surface area contributed by atoms with Crippen LogP contribution in [0.25, 0.3) is 16.8 Å². The molecule has 184 valence electrons. The molecule has 1 fully saturated rings. The van der Waals surface area contributed by atoms with E-state index in [1.54, 1.807) is 17.9 Å². The van der Waals surface area contributed by atoms with Gasteiger partial charge < -0.3 is 20.9 Å². The van der Waals surface area contributed by atoms with E-state index in [0.29, 0.717) is 18.2 Å². The first-order valence-electron chi connectivity index (χ1n) is 12.1. The zero-order valence-corrected chi connectivity index (χ0v) is 20.7. The molecule has 3 atom stereocenters. The van der Waals surface area contributed by atoms with Gasteiger partial charge in [-0.05, 0) is 54.2 Å².